The van der Waals surface area contributed by atoms with Crippen LogP contribution in [0.4, 0.5) is 5.69 Å². The second-order valence-electron chi connectivity index (χ2n) is 1.81. The van der Waals surface area contributed by atoms with E-state index in [1.165, 1.54) is 0 Å². The molecule has 0 amide bonds. The molecule has 0 saturated heterocycles. The van der Waals surface area contributed by atoms with Crippen LogP contribution in [0.5, 0.6) is 0 Å². The zero-order chi connectivity index (χ0) is 5.98. The van der Waals surface area contributed by atoms with Gasteiger partial charge in [0.1, 0.15) is 0 Å². The van der Waals surface area contributed by atoms with Crippen LogP contribution in [-0.2, 0) is 0 Å². The molecule has 9 heavy (non-hydrogen) atoms. The van der Waals surface area contributed by atoms with Crippen molar-refractivity contribution in [2.75, 3.05) is 0 Å². The molecule has 0 saturated carbocycles. The minimum Gasteiger partial charge on any atom is -0.699 e. The number of benzene rings is 1. The van der Waals surface area contributed by atoms with Gasteiger partial charge in [-0.1, -0.05) is 29.8 Å². The van der Waals surface area contributed by atoms with Crippen molar-refractivity contribution in [1.82, 2.24) is 0 Å². The Morgan fingerprint density at radius 2 is 1.78 bits per heavy atom. The van der Waals surface area contributed by atoms with Crippen LogP contribution in [0.2, 0.25) is 0 Å². The number of rotatable bonds is 0. The van der Waals surface area contributed by atoms with E-state index < -0.39 is 0 Å². The Kier molecular flexibility index (Phi) is 3.95. The van der Waals surface area contributed by atoms with Gasteiger partial charge in [-0.05, 0) is 6.92 Å². The molecule has 1 aromatic carbocycles. The molecule has 1 nitrogen and oxygen atoms in total. The maximum Gasteiger partial charge on any atom is 1.00 e. The average molecular weight is 129 g/mol. The zero-order valence-corrected chi connectivity index (χ0v) is 7.81. The first-order valence-electron chi connectivity index (χ1n) is 2.58. The summed E-state index contributed by atoms with van der Waals surface area (Å²) in [6.45, 7) is 1.93. The predicted molar refractivity (Wildman–Crippen MR) is 35.2 cm³/mol. The van der Waals surface area contributed by atoms with Crippen LogP contribution in [0, 0.1) is 6.92 Å². The zero-order valence-electron chi connectivity index (χ0n) is 5.81. The number of nitrogens with one attached hydrogen (secondary N) is 1. The van der Waals surface area contributed by atoms with Crippen molar-refractivity contribution in [3.63, 3.8) is 0 Å². The summed E-state index contributed by atoms with van der Waals surface area (Å²) < 4.78 is 0. The molecule has 1 rings (SSSR count). The van der Waals surface area contributed by atoms with E-state index in [1.807, 2.05) is 25.1 Å². The van der Waals surface area contributed by atoms with Gasteiger partial charge in [0, 0.05) is 0 Å². The van der Waals surface area contributed by atoms with Gasteiger partial charge in [-0.2, -0.15) is 0 Å². The Bertz CT molecular complexity index is 165. The van der Waals surface area contributed by atoms with Crippen molar-refractivity contribution in [1.29, 1.82) is 0 Å². The first kappa shape index (κ1) is 9.02. The molecule has 0 fully saturated rings. The average Bonchev–Trinajstić information content (AvgIpc) is 1.77. The molecule has 0 aliphatic rings. The molecular formula is C7H8NNa. The summed E-state index contributed by atoms with van der Waals surface area (Å²) in [5, 5.41) is 0. The minimum atomic E-state index is 0. The normalized spacial score (nSPS) is 8.11. The number of aryl methyl sites for hydroxylation is 1. The largest absolute Gasteiger partial charge is 1.00 e. The second-order valence-corrected chi connectivity index (χ2v) is 1.81. The van der Waals surface area contributed by atoms with Crippen LogP contribution in [0.1, 0.15) is 5.56 Å². The molecule has 1 N–H and O–H groups in total. The molecule has 0 bridgehead atoms. The summed E-state index contributed by atoms with van der Waals surface area (Å²) in [6.07, 6.45) is 0. The van der Waals surface area contributed by atoms with Gasteiger partial charge in [0.15, 0.2) is 0 Å². The molecule has 0 radical (unpaired) electrons. The summed E-state index contributed by atoms with van der Waals surface area (Å²) >= 11 is 0. The fourth-order valence-corrected chi connectivity index (χ4v) is 0.573. The predicted octanol–water partition coefficient (Wildman–Crippen LogP) is -0.317. The minimum absolute atomic E-state index is 0. The van der Waals surface area contributed by atoms with E-state index in [2.05, 4.69) is 0 Å². The van der Waals surface area contributed by atoms with Crippen molar-refractivity contribution in [3.05, 3.63) is 35.6 Å². The van der Waals surface area contributed by atoms with Crippen molar-refractivity contribution in [3.8, 4) is 0 Å². The van der Waals surface area contributed by atoms with E-state index in [9.17, 15) is 0 Å². The molecule has 0 unspecified atom stereocenters. The van der Waals surface area contributed by atoms with Crippen LogP contribution >= 0.6 is 0 Å². The molecule has 0 atom stereocenters. The van der Waals surface area contributed by atoms with Gasteiger partial charge in [-0.25, -0.2) is 0 Å². The van der Waals surface area contributed by atoms with Crippen molar-refractivity contribution < 1.29 is 29.6 Å². The van der Waals surface area contributed by atoms with Crippen LogP contribution in [0.25, 0.3) is 5.73 Å². The fourth-order valence-electron chi connectivity index (χ4n) is 0.573. The smallest absolute Gasteiger partial charge is 0.699 e. The van der Waals surface area contributed by atoms with Gasteiger partial charge >= 0.3 is 29.6 Å². The monoisotopic (exact) mass is 129 g/mol. The Hall–Kier alpha value is 0.0200. The molecule has 0 heterocycles. The third kappa shape index (κ3) is 2.39. The summed E-state index contributed by atoms with van der Waals surface area (Å²) in [5.41, 5.74) is 8.87. The Balaban J connectivity index is 0.000000640. The first-order chi connectivity index (χ1) is 3.80. The van der Waals surface area contributed by atoms with Crippen molar-refractivity contribution in [2.45, 2.75) is 6.92 Å². The molecule has 0 aliphatic heterocycles. The molecule has 0 aliphatic carbocycles. The van der Waals surface area contributed by atoms with Crippen molar-refractivity contribution in [2.24, 2.45) is 0 Å². The van der Waals surface area contributed by atoms with Crippen LogP contribution in [0.15, 0.2) is 24.3 Å². The van der Waals surface area contributed by atoms with Gasteiger partial charge in [0.25, 0.3) is 0 Å². The van der Waals surface area contributed by atoms with E-state index in [4.69, 9.17) is 5.73 Å². The summed E-state index contributed by atoms with van der Waals surface area (Å²) in [6, 6.07) is 7.53. The quantitative estimate of drug-likeness (QED) is 0.429. The van der Waals surface area contributed by atoms with Crippen LogP contribution in [0.3, 0.4) is 0 Å². The summed E-state index contributed by atoms with van der Waals surface area (Å²) in [7, 11) is 0. The Morgan fingerprint density at radius 3 is 2.11 bits per heavy atom. The van der Waals surface area contributed by atoms with Crippen LogP contribution < -0.4 is 29.6 Å². The molecule has 0 aromatic heterocycles. The fraction of sp³-hybridized carbons (Fsp3) is 0.143. The molecule has 1 aromatic rings. The van der Waals surface area contributed by atoms with E-state index in [-0.39, 0.29) is 29.6 Å². The maximum absolute atomic E-state index is 7.22. The third-order valence-corrected chi connectivity index (χ3v) is 1.15. The van der Waals surface area contributed by atoms with Crippen molar-refractivity contribution >= 4 is 5.69 Å². The molecule has 42 valence electrons. The van der Waals surface area contributed by atoms with Gasteiger partial charge in [-0.3, -0.25) is 0 Å². The van der Waals surface area contributed by atoms with Gasteiger partial charge in [0.2, 0.25) is 0 Å². The second kappa shape index (κ2) is 3.94. The summed E-state index contributed by atoms with van der Waals surface area (Å²) in [4.78, 5) is 0. The standard InChI is InChI=1S/C7H8N.Na/c1-6-4-2-3-5-7(6)8;/h2-5,8H,1H3;/q-1;+1. The Morgan fingerprint density at radius 1 is 1.22 bits per heavy atom. The topological polar surface area (TPSA) is 23.8 Å². The van der Waals surface area contributed by atoms with Crippen LogP contribution in [-0.4, -0.2) is 0 Å². The van der Waals surface area contributed by atoms with Gasteiger partial charge in [0.05, 0.1) is 0 Å². The molecule has 2 heteroatoms. The van der Waals surface area contributed by atoms with E-state index in [0.717, 1.165) is 5.56 Å². The number of hydrogen-bond acceptors (Lipinski definition) is 0. The third-order valence-electron chi connectivity index (χ3n) is 1.15. The molecular weight excluding hydrogens is 121 g/mol. The number of hydrogen-bond donors (Lipinski definition) is 0. The van der Waals surface area contributed by atoms with E-state index >= 15 is 0 Å². The van der Waals surface area contributed by atoms with Gasteiger partial charge < -0.3 is 5.73 Å². The first-order valence-corrected chi connectivity index (χ1v) is 2.58. The molecule has 0 spiro atoms. The van der Waals surface area contributed by atoms with Gasteiger partial charge in [-0.15, -0.1) is 5.69 Å². The van der Waals surface area contributed by atoms with E-state index in [0.29, 0.717) is 5.69 Å². The summed E-state index contributed by atoms with van der Waals surface area (Å²) in [5.74, 6) is 0. The SMILES string of the molecule is Cc1ccccc1[NH-].[Na+]. The maximum atomic E-state index is 7.22. The van der Waals surface area contributed by atoms with E-state index in [1.54, 1.807) is 6.07 Å². The Labute approximate surface area is 77.5 Å².